The molecule has 3 aromatic carbocycles. The maximum absolute atomic E-state index is 13.6. The van der Waals surface area contributed by atoms with Gasteiger partial charge in [-0.25, -0.2) is 9.48 Å². The summed E-state index contributed by atoms with van der Waals surface area (Å²) in [6, 6.07) is 24.3. The number of amides is 2. The lowest BCUT2D eigenvalue weighted by Gasteiger charge is -2.30. The van der Waals surface area contributed by atoms with Gasteiger partial charge in [-0.05, 0) is 92.9 Å². The Morgan fingerprint density at radius 1 is 0.933 bits per heavy atom. The molecular weight excluding hydrogens is 566 g/mol. The van der Waals surface area contributed by atoms with Gasteiger partial charge < -0.3 is 20.1 Å². The third kappa shape index (κ3) is 8.10. The molecule has 1 saturated heterocycles. The van der Waals surface area contributed by atoms with Crippen LogP contribution in [0.1, 0.15) is 56.4 Å². The molecule has 4 aromatic rings. The topological polar surface area (TPSA) is 107 Å². The van der Waals surface area contributed by atoms with Crippen LogP contribution in [-0.2, 0) is 10.2 Å². The van der Waals surface area contributed by atoms with Gasteiger partial charge in [0.25, 0.3) is 0 Å². The first-order valence-electron chi connectivity index (χ1n) is 15.5. The Balaban J connectivity index is 1.29. The Bertz CT molecular complexity index is 1580. The van der Waals surface area contributed by atoms with E-state index in [0.717, 1.165) is 54.2 Å². The summed E-state index contributed by atoms with van der Waals surface area (Å²) in [5.74, 6) is 1.88. The minimum atomic E-state index is -0.379. The molecule has 2 heterocycles. The number of nitrogens with one attached hydrogen (secondary N) is 3. The number of anilines is 2. The molecule has 5 rings (SSSR count). The molecule has 2 amide bonds. The Morgan fingerprint density at radius 2 is 1.58 bits per heavy atom. The molecule has 0 radical (unpaired) electrons. The normalized spacial score (nSPS) is 14.4. The lowest BCUT2D eigenvalue weighted by atomic mass is 9.78. The highest BCUT2D eigenvalue weighted by Gasteiger charge is 2.31. The van der Waals surface area contributed by atoms with Crippen LogP contribution in [0.3, 0.4) is 0 Å². The van der Waals surface area contributed by atoms with E-state index in [1.54, 1.807) is 23.9 Å². The smallest absolute Gasteiger partial charge is 0.324 e. The highest BCUT2D eigenvalue weighted by atomic mass is 16.5. The summed E-state index contributed by atoms with van der Waals surface area (Å²) < 4.78 is 12.8. The quantitative estimate of drug-likeness (QED) is 0.181. The lowest BCUT2D eigenvalue weighted by Crippen LogP contribution is -2.35. The van der Waals surface area contributed by atoms with Gasteiger partial charge in [-0.15, -0.1) is 0 Å². The number of ketones is 1. The number of aromatic nitrogens is 2. The van der Waals surface area contributed by atoms with Gasteiger partial charge in [0.1, 0.15) is 23.9 Å². The van der Waals surface area contributed by atoms with Gasteiger partial charge in [-0.1, -0.05) is 50.6 Å². The molecule has 1 fully saturated rings. The van der Waals surface area contributed by atoms with Crippen LogP contribution < -0.4 is 25.4 Å². The molecule has 9 nitrogen and oxygen atoms in total. The summed E-state index contributed by atoms with van der Waals surface area (Å²) in [6.45, 7) is 10.0. The third-order valence-corrected chi connectivity index (χ3v) is 8.17. The summed E-state index contributed by atoms with van der Waals surface area (Å²) in [5, 5.41) is 14.1. The number of nitrogens with zero attached hydrogens (tertiary/aromatic N) is 2. The molecule has 1 aliphatic heterocycles. The van der Waals surface area contributed by atoms with Gasteiger partial charge in [-0.2, -0.15) is 5.10 Å². The molecule has 1 aromatic heterocycles. The van der Waals surface area contributed by atoms with Gasteiger partial charge >= 0.3 is 6.03 Å². The number of carbonyl (C=O) groups is 2. The van der Waals surface area contributed by atoms with Crippen molar-refractivity contribution in [1.29, 1.82) is 0 Å². The van der Waals surface area contributed by atoms with E-state index in [-0.39, 0.29) is 35.7 Å². The van der Waals surface area contributed by atoms with Crippen molar-refractivity contribution in [1.82, 2.24) is 15.1 Å². The first-order chi connectivity index (χ1) is 21.6. The fourth-order valence-corrected chi connectivity index (χ4v) is 5.59. The van der Waals surface area contributed by atoms with E-state index in [1.807, 2.05) is 73.7 Å². The number of ether oxygens (including phenoxy) is 2. The lowest BCUT2D eigenvalue weighted by molar-refractivity contribution is -0.124. The monoisotopic (exact) mass is 609 g/mol. The summed E-state index contributed by atoms with van der Waals surface area (Å²) in [5.41, 5.74) is 4.23. The van der Waals surface area contributed by atoms with Gasteiger partial charge in [0.05, 0.1) is 18.5 Å². The van der Waals surface area contributed by atoms with Crippen LogP contribution in [0.25, 0.3) is 5.69 Å². The summed E-state index contributed by atoms with van der Waals surface area (Å²) in [4.78, 5) is 26.8. The van der Waals surface area contributed by atoms with Crippen LogP contribution in [0.4, 0.5) is 16.3 Å². The fraction of sp³-hybridized carbons (Fsp3) is 0.361. The van der Waals surface area contributed by atoms with Crippen LogP contribution >= 0.6 is 0 Å². The number of hydrogen-bond acceptors (Lipinski definition) is 6. The highest BCUT2D eigenvalue weighted by molar-refractivity contribution is 5.99. The number of piperidine rings is 1. The van der Waals surface area contributed by atoms with Gasteiger partial charge in [0, 0.05) is 23.1 Å². The highest BCUT2D eigenvalue weighted by Crippen LogP contribution is 2.33. The Morgan fingerprint density at radius 3 is 2.20 bits per heavy atom. The van der Waals surface area contributed by atoms with Crippen LogP contribution in [0.5, 0.6) is 11.5 Å². The van der Waals surface area contributed by atoms with Gasteiger partial charge in [-0.3, -0.25) is 10.1 Å². The minimum Gasteiger partial charge on any atom is -0.497 e. The second-order valence-electron chi connectivity index (χ2n) is 12.6. The minimum absolute atomic E-state index is 0.0193. The largest absolute Gasteiger partial charge is 0.497 e. The van der Waals surface area contributed by atoms with E-state index in [1.165, 1.54) is 0 Å². The van der Waals surface area contributed by atoms with Crippen LogP contribution in [-0.4, -0.2) is 48.4 Å². The first kappa shape index (κ1) is 31.8. The molecule has 0 bridgehead atoms. The molecule has 0 spiro atoms. The zero-order valence-electron chi connectivity index (χ0n) is 26.7. The van der Waals surface area contributed by atoms with E-state index < -0.39 is 0 Å². The maximum atomic E-state index is 13.6. The van der Waals surface area contributed by atoms with Gasteiger partial charge in [0.15, 0.2) is 5.78 Å². The zero-order chi connectivity index (χ0) is 32.0. The summed E-state index contributed by atoms with van der Waals surface area (Å²) >= 11 is 0. The molecule has 0 aliphatic carbocycles. The zero-order valence-corrected chi connectivity index (χ0v) is 26.7. The van der Waals surface area contributed by atoms with Crippen molar-refractivity contribution in [3.63, 3.8) is 0 Å². The number of rotatable bonds is 10. The van der Waals surface area contributed by atoms with E-state index in [2.05, 4.69) is 36.7 Å². The molecule has 1 atom stereocenters. The number of benzene rings is 3. The number of methoxy groups -OCH3 is 1. The van der Waals surface area contributed by atoms with Crippen molar-refractivity contribution in [2.24, 2.45) is 5.92 Å². The molecule has 1 aliphatic rings. The molecule has 9 heteroatoms. The average molecular weight is 610 g/mol. The van der Waals surface area contributed by atoms with Gasteiger partial charge in [0.2, 0.25) is 0 Å². The van der Waals surface area contributed by atoms with Crippen LogP contribution in [0.2, 0.25) is 0 Å². The van der Waals surface area contributed by atoms with Crippen molar-refractivity contribution < 1.29 is 19.1 Å². The molecular formula is C36H43N5O4. The summed E-state index contributed by atoms with van der Waals surface area (Å²) in [6.07, 6.45) is 1.82. The van der Waals surface area contributed by atoms with Crippen molar-refractivity contribution in [3.05, 3.63) is 95.7 Å². The second kappa shape index (κ2) is 14.0. The Kier molecular flexibility index (Phi) is 9.88. The van der Waals surface area contributed by atoms with Crippen molar-refractivity contribution >= 4 is 23.3 Å². The molecule has 236 valence electrons. The molecule has 1 unspecified atom stereocenters. The number of Topliss-reactive ketones (excluding diaryl/α,β-unsaturated/α-hetero) is 1. The van der Waals surface area contributed by atoms with Crippen LogP contribution in [0, 0.1) is 12.8 Å². The second-order valence-corrected chi connectivity index (χ2v) is 12.6. The SMILES string of the molecule is COc1ccc(OCC(=O)C(c2ccc(NC(=O)Nc3cc(C(C)(C)C)nn3-c3ccc(C)cc3)cc2)C2CCNCC2)cc1. The molecule has 0 saturated carbocycles. The van der Waals surface area contributed by atoms with Crippen molar-refractivity contribution in [2.75, 3.05) is 37.4 Å². The maximum Gasteiger partial charge on any atom is 0.324 e. The predicted molar refractivity (Wildman–Crippen MR) is 178 cm³/mol. The average Bonchev–Trinajstić information content (AvgIpc) is 3.46. The number of urea groups is 1. The van der Waals surface area contributed by atoms with Crippen molar-refractivity contribution in [3.8, 4) is 17.2 Å². The van der Waals surface area contributed by atoms with Crippen LogP contribution in [0.15, 0.2) is 78.9 Å². The van der Waals surface area contributed by atoms with E-state index in [0.29, 0.717) is 17.3 Å². The van der Waals surface area contributed by atoms with Crippen molar-refractivity contribution in [2.45, 2.75) is 51.9 Å². The predicted octanol–water partition coefficient (Wildman–Crippen LogP) is 6.86. The fourth-order valence-electron chi connectivity index (χ4n) is 5.59. The van der Waals surface area contributed by atoms with E-state index in [9.17, 15) is 9.59 Å². The number of aryl methyl sites for hydroxylation is 1. The molecule has 3 N–H and O–H groups in total. The Hall–Kier alpha value is -4.63. The summed E-state index contributed by atoms with van der Waals surface area (Å²) in [7, 11) is 1.61. The van der Waals surface area contributed by atoms with E-state index >= 15 is 0 Å². The number of carbonyl (C=O) groups excluding carboxylic acids is 2. The van der Waals surface area contributed by atoms with E-state index in [4.69, 9.17) is 14.6 Å². The Labute approximate surface area is 265 Å². The number of hydrogen-bond donors (Lipinski definition) is 3. The first-order valence-corrected chi connectivity index (χ1v) is 15.5. The standard InChI is InChI=1S/C36H43N5O4/c1-24-6-12-28(13-7-24)41-33(22-32(40-41)36(2,3)4)39-35(43)38-27-10-8-25(9-11-27)34(26-18-20-37-21-19-26)31(42)23-45-30-16-14-29(44-5)15-17-30/h6-17,22,26,34,37H,18-21,23H2,1-5H3,(H2,38,39,43). The molecule has 45 heavy (non-hydrogen) atoms. The third-order valence-electron chi connectivity index (χ3n) is 8.17.